The summed E-state index contributed by atoms with van der Waals surface area (Å²) in [5, 5.41) is 0. The van der Waals surface area contributed by atoms with E-state index in [4.69, 9.17) is 0 Å². The van der Waals surface area contributed by atoms with Crippen LogP contribution in [-0.4, -0.2) is 34.6 Å². The van der Waals surface area contributed by atoms with Gasteiger partial charge in [-0.3, -0.25) is 4.57 Å². The van der Waals surface area contributed by atoms with Crippen LogP contribution in [-0.2, 0) is 6.54 Å². The van der Waals surface area contributed by atoms with Crippen molar-refractivity contribution in [1.82, 2.24) is 14.5 Å². The third-order valence-corrected chi connectivity index (χ3v) is 4.09. The van der Waals surface area contributed by atoms with Gasteiger partial charge in [-0.2, -0.15) is 0 Å². The first-order valence-electron chi connectivity index (χ1n) is 7.01. The molecule has 1 aliphatic rings. The number of H-pyrrole nitrogens is 1. The normalized spacial score (nSPS) is 21.1. The van der Waals surface area contributed by atoms with Gasteiger partial charge in [0.25, 0.3) is 0 Å². The van der Waals surface area contributed by atoms with E-state index in [-0.39, 0.29) is 5.69 Å². The number of likely N-dealkylation sites (tertiary alicyclic amines) is 1. The molecule has 1 N–H and O–H groups in total. The molecule has 1 unspecified atom stereocenters. The second-order valence-electron chi connectivity index (χ2n) is 5.83. The standard InChI is InChI=1S/C15H21N3O/c1-11-5-6-14-13(8-11)16-15(19)18(14)10-12-4-3-7-17(2)9-12/h5-6,8,12H,3-4,7,9-10H2,1-2H3,(H,16,19). The number of nitrogens with zero attached hydrogens (tertiary/aromatic N) is 2. The Morgan fingerprint density at radius 1 is 1.42 bits per heavy atom. The molecule has 3 rings (SSSR count). The molecule has 0 radical (unpaired) electrons. The molecule has 1 saturated heterocycles. The van der Waals surface area contributed by atoms with Crippen molar-refractivity contribution in [2.45, 2.75) is 26.3 Å². The zero-order chi connectivity index (χ0) is 13.4. The van der Waals surface area contributed by atoms with Gasteiger partial charge in [-0.1, -0.05) is 6.07 Å². The number of hydrogen-bond acceptors (Lipinski definition) is 2. The minimum absolute atomic E-state index is 0.0221. The predicted octanol–water partition coefficient (Wildman–Crippen LogP) is 1.98. The molecule has 4 nitrogen and oxygen atoms in total. The summed E-state index contributed by atoms with van der Waals surface area (Å²) in [4.78, 5) is 17.4. The van der Waals surface area contributed by atoms with Gasteiger partial charge in [0.15, 0.2) is 0 Å². The van der Waals surface area contributed by atoms with Crippen molar-refractivity contribution in [3.8, 4) is 0 Å². The molecule has 0 amide bonds. The maximum absolute atomic E-state index is 12.1. The van der Waals surface area contributed by atoms with Gasteiger partial charge >= 0.3 is 5.69 Å². The van der Waals surface area contributed by atoms with E-state index in [0.29, 0.717) is 5.92 Å². The van der Waals surface area contributed by atoms with Crippen LogP contribution in [0.3, 0.4) is 0 Å². The number of aromatic nitrogens is 2. The molecule has 1 atom stereocenters. The number of hydrogen-bond donors (Lipinski definition) is 1. The molecule has 2 heterocycles. The van der Waals surface area contributed by atoms with Crippen molar-refractivity contribution < 1.29 is 0 Å². The van der Waals surface area contributed by atoms with E-state index in [1.807, 2.05) is 17.6 Å². The number of aromatic amines is 1. The fraction of sp³-hybridized carbons (Fsp3) is 0.533. The Labute approximate surface area is 113 Å². The molecule has 4 heteroatoms. The van der Waals surface area contributed by atoms with E-state index in [1.165, 1.54) is 24.9 Å². The van der Waals surface area contributed by atoms with Crippen molar-refractivity contribution in [1.29, 1.82) is 0 Å². The number of fused-ring (bicyclic) bond motifs is 1. The van der Waals surface area contributed by atoms with Gasteiger partial charge in [0.1, 0.15) is 0 Å². The van der Waals surface area contributed by atoms with Crippen LogP contribution in [0.2, 0.25) is 0 Å². The minimum atomic E-state index is 0.0221. The summed E-state index contributed by atoms with van der Waals surface area (Å²) >= 11 is 0. The van der Waals surface area contributed by atoms with Gasteiger partial charge in [0, 0.05) is 13.1 Å². The molecule has 102 valence electrons. The molecule has 0 saturated carbocycles. The Balaban J connectivity index is 1.92. The largest absolute Gasteiger partial charge is 0.326 e. The second kappa shape index (κ2) is 4.85. The van der Waals surface area contributed by atoms with Gasteiger partial charge in [-0.15, -0.1) is 0 Å². The van der Waals surface area contributed by atoms with E-state index in [2.05, 4.69) is 29.1 Å². The van der Waals surface area contributed by atoms with Crippen LogP contribution in [0.15, 0.2) is 23.0 Å². The molecule has 2 aromatic rings. The zero-order valence-electron chi connectivity index (χ0n) is 11.6. The van der Waals surface area contributed by atoms with Crippen molar-refractivity contribution in [2.75, 3.05) is 20.1 Å². The lowest BCUT2D eigenvalue weighted by Crippen LogP contribution is -2.35. The predicted molar refractivity (Wildman–Crippen MR) is 77.5 cm³/mol. The molecule has 1 aromatic carbocycles. The molecule has 1 aromatic heterocycles. The van der Waals surface area contributed by atoms with Crippen molar-refractivity contribution in [2.24, 2.45) is 5.92 Å². The third-order valence-electron chi connectivity index (χ3n) is 4.09. The molecule has 0 spiro atoms. The maximum Gasteiger partial charge on any atom is 0.326 e. The lowest BCUT2D eigenvalue weighted by atomic mass is 9.98. The van der Waals surface area contributed by atoms with Crippen molar-refractivity contribution >= 4 is 11.0 Å². The Bertz CT molecular complexity index is 640. The van der Waals surface area contributed by atoms with Crippen molar-refractivity contribution in [3.05, 3.63) is 34.2 Å². The molecule has 0 aliphatic carbocycles. The molecular weight excluding hydrogens is 238 g/mol. The van der Waals surface area contributed by atoms with E-state index in [1.54, 1.807) is 0 Å². The SMILES string of the molecule is Cc1ccc2c(c1)[nH]c(=O)n2CC1CCCN(C)C1. The first-order valence-corrected chi connectivity index (χ1v) is 7.01. The molecule has 1 aliphatic heterocycles. The summed E-state index contributed by atoms with van der Waals surface area (Å²) in [6, 6.07) is 6.16. The summed E-state index contributed by atoms with van der Waals surface area (Å²) in [6.45, 7) is 5.14. The Kier molecular flexibility index (Phi) is 3.19. The Morgan fingerprint density at radius 3 is 3.05 bits per heavy atom. The number of piperidine rings is 1. The first kappa shape index (κ1) is 12.5. The highest BCUT2D eigenvalue weighted by Crippen LogP contribution is 2.19. The minimum Gasteiger partial charge on any atom is -0.306 e. The number of aryl methyl sites for hydroxylation is 1. The highest BCUT2D eigenvalue weighted by molar-refractivity contribution is 5.75. The lowest BCUT2D eigenvalue weighted by Gasteiger charge is -2.29. The summed E-state index contributed by atoms with van der Waals surface area (Å²) in [5.41, 5.74) is 3.19. The number of imidazole rings is 1. The Morgan fingerprint density at radius 2 is 2.26 bits per heavy atom. The average molecular weight is 259 g/mol. The maximum atomic E-state index is 12.1. The smallest absolute Gasteiger partial charge is 0.306 e. The highest BCUT2D eigenvalue weighted by atomic mass is 16.1. The van der Waals surface area contributed by atoms with Crippen LogP contribution < -0.4 is 5.69 Å². The highest BCUT2D eigenvalue weighted by Gasteiger charge is 2.19. The second-order valence-corrected chi connectivity index (χ2v) is 5.83. The van der Waals surface area contributed by atoms with E-state index in [0.717, 1.165) is 24.1 Å². The lowest BCUT2D eigenvalue weighted by molar-refractivity contribution is 0.194. The zero-order valence-corrected chi connectivity index (χ0v) is 11.6. The fourth-order valence-electron chi connectivity index (χ4n) is 3.14. The van der Waals surface area contributed by atoms with Gasteiger partial charge in [0.05, 0.1) is 11.0 Å². The summed E-state index contributed by atoms with van der Waals surface area (Å²) < 4.78 is 1.90. The number of nitrogens with one attached hydrogen (secondary N) is 1. The van der Waals surface area contributed by atoms with Crippen molar-refractivity contribution in [3.63, 3.8) is 0 Å². The summed E-state index contributed by atoms with van der Waals surface area (Å²) in [5.74, 6) is 0.580. The third kappa shape index (κ3) is 2.45. The van der Waals surface area contributed by atoms with Crippen LogP contribution in [0, 0.1) is 12.8 Å². The summed E-state index contributed by atoms with van der Waals surface area (Å²) in [6.07, 6.45) is 2.45. The van der Waals surface area contributed by atoms with Crippen LogP contribution >= 0.6 is 0 Å². The van der Waals surface area contributed by atoms with E-state index >= 15 is 0 Å². The Hall–Kier alpha value is -1.55. The van der Waals surface area contributed by atoms with Gasteiger partial charge in [-0.25, -0.2) is 4.79 Å². The average Bonchev–Trinajstić information content (AvgIpc) is 2.65. The molecular formula is C15H21N3O. The first-order chi connectivity index (χ1) is 9.13. The van der Waals surface area contributed by atoms with Gasteiger partial charge in [-0.05, 0) is 57.0 Å². The number of rotatable bonds is 2. The van der Waals surface area contributed by atoms with Gasteiger partial charge < -0.3 is 9.88 Å². The van der Waals surface area contributed by atoms with Crippen LogP contribution in [0.25, 0.3) is 11.0 Å². The number of benzene rings is 1. The van der Waals surface area contributed by atoms with Crippen LogP contribution in [0.5, 0.6) is 0 Å². The van der Waals surface area contributed by atoms with Crippen LogP contribution in [0.1, 0.15) is 18.4 Å². The molecule has 0 bridgehead atoms. The summed E-state index contributed by atoms with van der Waals surface area (Å²) in [7, 11) is 2.16. The molecule has 19 heavy (non-hydrogen) atoms. The van der Waals surface area contributed by atoms with Gasteiger partial charge in [0.2, 0.25) is 0 Å². The van der Waals surface area contributed by atoms with E-state index < -0.39 is 0 Å². The van der Waals surface area contributed by atoms with E-state index in [9.17, 15) is 4.79 Å². The molecule has 1 fully saturated rings. The quantitative estimate of drug-likeness (QED) is 0.896. The van der Waals surface area contributed by atoms with Crippen LogP contribution in [0.4, 0.5) is 0 Å². The monoisotopic (exact) mass is 259 g/mol. The fourth-order valence-corrected chi connectivity index (χ4v) is 3.14. The topological polar surface area (TPSA) is 41.0 Å².